The normalized spacial score (nSPS) is 16.8. The summed E-state index contributed by atoms with van der Waals surface area (Å²) in [5.41, 5.74) is 4.78. The van der Waals surface area contributed by atoms with E-state index in [-0.39, 0.29) is 22.8 Å². The van der Waals surface area contributed by atoms with Crippen LogP contribution in [-0.2, 0) is 4.79 Å². The molecule has 0 saturated carbocycles. The molecule has 0 radical (unpaired) electrons. The van der Waals surface area contributed by atoms with E-state index in [4.69, 9.17) is 11.6 Å². The van der Waals surface area contributed by atoms with Gasteiger partial charge < -0.3 is 20.5 Å². The number of halogens is 2. The molecule has 0 spiro atoms. The Morgan fingerprint density at radius 2 is 1.94 bits per heavy atom. The minimum Gasteiger partial charge on any atom is -0.351 e. The number of H-pyrrole nitrogens is 1. The zero-order valence-electron chi connectivity index (χ0n) is 20.1. The molecule has 6 nitrogen and oxygen atoms in total. The van der Waals surface area contributed by atoms with E-state index in [1.807, 2.05) is 24.3 Å². The van der Waals surface area contributed by atoms with Crippen LogP contribution in [0.5, 0.6) is 0 Å². The van der Waals surface area contributed by atoms with Gasteiger partial charge in [0.1, 0.15) is 11.0 Å². The van der Waals surface area contributed by atoms with Gasteiger partial charge >= 0.3 is 0 Å². The summed E-state index contributed by atoms with van der Waals surface area (Å²) in [6.45, 7) is 5.30. The van der Waals surface area contributed by atoms with Crippen molar-refractivity contribution in [3.63, 3.8) is 0 Å². The molecule has 0 unspecified atom stereocenters. The number of benzene rings is 2. The Labute approximate surface area is 214 Å². The highest BCUT2D eigenvalue weighted by Gasteiger charge is 2.28. The minimum absolute atomic E-state index is 0.229. The molecule has 2 aromatic carbocycles. The average molecular weight is 507 g/mol. The molecular formula is C28H28ClFN4O2. The predicted molar refractivity (Wildman–Crippen MR) is 142 cm³/mol. The van der Waals surface area contributed by atoms with Gasteiger partial charge in [0.2, 0.25) is 0 Å². The van der Waals surface area contributed by atoms with Crippen molar-refractivity contribution >= 4 is 40.8 Å². The average Bonchev–Trinajstić information content (AvgIpc) is 3.34. The van der Waals surface area contributed by atoms with Gasteiger partial charge in [-0.15, -0.1) is 0 Å². The van der Waals surface area contributed by atoms with Crippen molar-refractivity contribution in [3.05, 3.63) is 75.8 Å². The summed E-state index contributed by atoms with van der Waals surface area (Å²) >= 11 is 6.44. The second-order valence-electron chi connectivity index (χ2n) is 9.26. The maximum Gasteiger partial charge on any atom is 0.256 e. The number of hydrogen-bond acceptors (Lipinski definition) is 3. The summed E-state index contributed by atoms with van der Waals surface area (Å²) in [6, 6.07) is 11.8. The summed E-state index contributed by atoms with van der Waals surface area (Å²) in [7, 11) is 0. The number of piperidine rings is 1. The van der Waals surface area contributed by atoms with Gasteiger partial charge in [-0.2, -0.15) is 0 Å². The molecular weight excluding hydrogens is 479 g/mol. The second-order valence-corrected chi connectivity index (χ2v) is 9.64. The van der Waals surface area contributed by atoms with E-state index in [0.29, 0.717) is 45.8 Å². The monoisotopic (exact) mass is 506 g/mol. The molecule has 1 aromatic heterocycles. The number of carbonyl (C=O) groups is 2. The van der Waals surface area contributed by atoms with E-state index >= 15 is 0 Å². The fourth-order valence-electron chi connectivity index (χ4n) is 5.02. The number of nitrogens with zero attached hydrogens (tertiary/aromatic N) is 1. The molecule has 3 heterocycles. The molecule has 2 aliphatic rings. The Hall–Kier alpha value is -3.42. The number of rotatable bonds is 6. The second kappa shape index (κ2) is 10.3. The maximum atomic E-state index is 13.9. The molecule has 5 rings (SSSR count). The molecule has 0 atom stereocenters. The molecule has 2 aliphatic heterocycles. The lowest BCUT2D eigenvalue weighted by atomic mass is 9.94. The molecule has 1 saturated heterocycles. The lowest BCUT2D eigenvalue weighted by molar-refractivity contribution is -0.110. The van der Waals surface area contributed by atoms with Gasteiger partial charge in [-0.05, 0) is 73.8 Å². The van der Waals surface area contributed by atoms with Crippen LogP contribution in [0.2, 0.25) is 5.15 Å². The first-order valence-corrected chi connectivity index (χ1v) is 12.6. The van der Waals surface area contributed by atoms with Crippen LogP contribution < -0.4 is 10.6 Å². The third-order valence-corrected chi connectivity index (χ3v) is 7.17. The smallest absolute Gasteiger partial charge is 0.256 e. The summed E-state index contributed by atoms with van der Waals surface area (Å²) in [5.74, 6) is -0.866. The molecule has 1 fully saturated rings. The van der Waals surface area contributed by atoms with Crippen molar-refractivity contribution in [2.24, 2.45) is 0 Å². The summed E-state index contributed by atoms with van der Waals surface area (Å²) in [4.78, 5) is 31.3. The molecule has 3 N–H and O–H groups in total. The Bertz CT molecular complexity index is 1360. The third-order valence-electron chi connectivity index (χ3n) is 6.88. The van der Waals surface area contributed by atoms with Gasteiger partial charge in [0, 0.05) is 30.0 Å². The zero-order chi connectivity index (χ0) is 25.2. The molecule has 8 heteroatoms. The molecule has 2 amide bonds. The van der Waals surface area contributed by atoms with Crippen LogP contribution in [0.3, 0.4) is 0 Å². The lowest BCUT2D eigenvalue weighted by Crippen LogP contribution is -2.37. The fourth-order valence-corrected chi connectivity index (χ4v) is 5.34. The number of aromatic nitrogens is 1. The SMILES string of the molecule is Cc1c(/C=C2\C(=O)Nc3cccc(-c4cccc(F)c4)c32)[nH]c(Cl)c1C(=O)NCCN1CCCCC1. The van der Waals surface area contributed by atoms with Crippen LogP contribution in [-0.4, -0.2) is 47.9 Å². The van der Waals surface area contributed by atoms with Crippen LogP contribution in [0.1, 0.15) is 46.4 Å². The van der Waals surface area contributed by atoms with E-state index in [1.54, 1.807) is 19.1 Å². The van der Waals surface area contributed by atoms with Gasteiger partial charge in [-0.3, -0.25) is 9.59 Å². The van der Waals surface area contributed by atoms with Gasteiger partial charge in [0.15, 0.2) is 0 Å². The van der Waals surface area contributed by atoms with Crippen molar-refractivity contribution in [3.8, 4) is 11.1 Å². The summed E-state index contributed by atoms with van der Waals surface area (Å²) in [5, 5.41) is 6.09. The van der Waals surface area contributed by atoms with Crippen LogP contribution in [0.4, 0.5) is 10.1 Å². The molecule has 186 valence electrons. The number of fused-ring (bicyclic) bond motifs is 1. The highest BCUT2D eigenvalue weighted by molar-refractivity contribution is 6.37. The minimum atomic E-state index is -0.351. The largest absolute Gasteiger partial charge is 0.351 e. The number of aromatic amines is 1. The fraction of sp³-hybridized carbons (Fsp3) is 0.286. The van der Waals surface area contributed by atoms with Crippen molar-refractivity contribution in [1.82, 2.24) is 15.2 Å². The maximum absolute atomic E-state index is 13.9. The first-order valence-electron chi connectivity index (χ1n) is 12.2. The van der Waals surface area contributed by atoms with Crippen LogP contribution >= 0.6 is 11.6 Å². The first kappa shape index (κ1) is 24.3. The number of carbonyl (C=O) groups excluding carboxylic acids is 2. The summed E-state index contributed by atoms with van der Waals surface area (Å²) < 4.78 is 13.9. The van der Waals surface area contributed by atoms with Crippen LogP contribution in [0.25, 0.3) is 22.8 Å². The number of likely N-dealkylation sites (tertiary alicyclic amines) is 1. The zero-order valence-corrected chi connectivity index (χ0v) is 20.8. The molecule has 0 aliphatic carbocycles. The predicted octanol–water partition coefficient (Wildman–Crippen LogP) is 5.49. The van der Waals surface area contributed by atoms with Crippen LogP contribution in [0, 0.1) is 12.7 Å². The van der Waals surface area contributed by atoms with E-state index in [0.717, 1.165) is 25.2 Å². The Morgan fingerprint density at radius 1 is 1.17 bits per heavy atom. The van der Waals surface area contributed by atoms with Gasteiger partial charge in [0.05, 0.1) is 11.1 Å². The number of anilines is 1. The van der Waals surface area contributed by atoms with E-state index in [9.17, 15) is 14.0 Å². The van der Waals surface area contributed by atoms with E-state index < -0.39 is 0 Å². The lowest BCUT2D eigenvalue weighted by Gasteiger charge is -2.26. The third kappa shape index (κ3) is 4.81. The van der Waals surface area contributed by atoms with E-state index in [1.165, 1.54) is 31.4 Å². The standard InChI is InChI=1S/C28H28ClFN4O2/c1-17-23(32-26(29)24(17)28(36)31-11-14-34-12-3-2-4-13-34)16-21-25-20(18-7-5-8-19(30)15-18)9-6-10-22(25)33-27(21)35/h5-10,15-16,32H,2-4,11-14H2,1H3,(H,31,36)(H,33,35)/b21-16-. The number of amides is 2. The Kier molecular flexibility index (Phi) is 6.94. The van der Waals surface area contributed by atoms with Crippen molar-refractivity contribution < 1.29 is 14.0 Å². The van der Waals surface area contributed by atoms with E-state index in [2.05, 4.69) is 20.5 Å². The Balaban J connectivity index is 1.42. The molecule has 3 aromatic rings. The van der Waals surface area contributed by atoms with Crippen LogP contribution in [0.15, 0.2) is 42.5 Å². The number of nitrogens with one attached hydrogen (secondary N) is 3. The summed E-state index contributed by atoms with van der Waals surface area (Å²) in [6.07, 6.45) is 5.37. The quantitative estimate of drug-likeness (QED) is 0.387. The van der Waals surface area contributed by atoms with Gasteiger partial charge in [-0.1, -0.05) is 42.3 Å². The molecule has 36 heavy (non-hydrogen) atoms. The molecule has 0 bridgehead atoms. The van der Waals surface area contributed by atoms with Gasteiger partial charge in [-0.25, -0.2) is 4.39 Å². The number of hydrogen-bond donors (Lipinski definition) is 3. The highest BCUT2D eigenvalue weighted by atomic mass is 35.5. The van der Waals surface area contributed by atoms with Crippen molar-refractivity contribution in [1.29, 1.82) is 0 Å². The van der Waals surface area contributed by atoms with Crippen molar-refractivity contribution in [2.75, 3.05) is 31.5 Å². The Morgan fingerprint density at radius 3 is 2.72 bits per heavy atom. The topological polar surface area (TPSA) is 77.2 Å². The van der Waals surface area contributed by atoms with Crippen molar-refractivity contribution in [2.45, 2.75) is 26.2 Å². The first-order chi connectivity index (χ1) is 17.4. The highest BCUT2D eigenvalue weighted by Crippen LogP contribution is 2.41. The van der Waals surface area contributed by atoms with Gasteiger partial charge in [0.25, 0.3) is 11.8 Å².